The highest BCUT2D eigenvalue weighted by Gasteiger charge is 2.15. The Morgan fingerprint density at radius 2 is 2.15 bits per heavy atom. The molecule has 1 aromatic carbocycles. The van der Waals surface area contributed by atoms with E-state index in [0.717, 1.165) is 5.56 Å². The molecule has 0 radical (unpaired) electrons. The zero-order valence-electron chi connectivity index (χ0n) is 11.2. The monoisotopic (exact) mass is 275 g/mol. The first kappa shape index (κ1) is 14.0. The van der Waals surface area contributed by atoms with Crippen LogP contribution in [-0.2, 0) is 7.05 Å². The van der Waals surface area contributed by atoms with Gasteiger partial charge in [0.25, 0.3) is 0 Å². The van der Waals surface area contributed by atoms with Crippen LogP contribution < -0.4 is 10.6 Å². The third-order valence-corrected chi connectivity index (χ3v) is 2.86. The number of nitrogens with one attached hydrogen (secondary N) is 2. The zero-order chi connectivity index (χ0) is 14.4. The van der Waals surface area contributed by atoms with Crippen molar-refractivity contribution < 1.29 is 9.90 Å². The Bertz CT molecular complexity index is 555. The number of anilines is 1. The minimum Gasteiger partial charge on any atom is -0.396 e. The average molecular weight is 275 g/mol. The van der Waals surface area contributed by atoms with Gasteiger partial charge in [-0.05, 0) is 12.0 Å². The number of urea groups is 1. The summed E-state index contributed by atoms with van der Waals surface area (Å²) in [5.41, 5.74) is 0.940. The van der Waals surface area contributed by atoms with E-state index in [1.807, 2.05) is 30.3 Å². The summed E-state index contributed by atoms with van der Waals surface area (Å²) in [4.78, 5) is 15.8. The van der Waals surface area contributed by atoms with Gasteiger partial charge < -0.3 is 10.4 Å². The van der Waals surface area contributed by atoms with Crippen LogP contribution in [0.15, 0.2) is 36.7 Å². The fourth-order valence-electron chi connectivity index (χ4n) is 1.84. The Morgan fingerprint density at radius 3 is 2.75 bits per heavy atom. The van der Waals surface area contributed by atoms with Crippen LogP contribution in [0, 0.1) is 0 Å². The first-order chi connectivity index (χ1) is 9.70. The number of rotatable bonds is 5. The Hall–Kier alpha value is -2.41. The van der Waals surface area contributed by atoms with Crippen molar-refractivity contribution in [3.8, 4) is 0 Å². The lowest BCUT2D eigenvalue weighted by molar-refractivity contribution is 0.239. The van der Waals surface area contributed by atoms with Crippen LogP contribution >= 0.6 is 0 Å². The topological polar surface area (TPSA) is 92.1 Å². The van der Waals surface area contributed by atoms with Crippen LogP contribution in [0.5, 0.6) is 0 Å². The number of nitrogens with zero attached hydrogens (tertiary/aromatic N) is 3. The van der Waals surface area contributed by atoms with Crippen LogP contribution in [0.3, 0.4) is 0 Å². The standard InChI is InChI=1S/C13H17N5O2/c1-18-12(14-9-15-18)17-13(20)16-11(7-8-19)10-5-3-2-4-6-10/h2-6,9,11,19H,7-8H2,1H3,(H2,14,15,16,17,20)/t11-/m1/s1. The maximum absolute atomic E-state index is 11.9. The molecule has 0 saturated carbocycles. The number of aliphatic hydroxyl groups excluding tert-OH is 1. The summed E-state index contributed by atoms with van der Waals surface area (Å²) in [6.45, 7) is -0.0101. The molecule has 0 bridgehead atoms. The Labute approximate surface area is 116 Å². The molecule has 0 unspecified atom stereocenters. The number of hydrogen-bond acceptors (Lipinski definition) is 4. The first-order valence-corrected chi connectivity index (χ1v) is 6.28. The van der Waals surface area contributed by atoms with E-state index in [9.17, 15) is 4.79 Å². The predicted molar refractivity (Wildman–Crippen MR) is 74.0 cm³/mol. The van der Waals surface area contributed by atoms with E-state index in [2.05, 4.69) is 20.7 Å². The third kappa shape index (κ3) is 3.55. The van der Waals surface area contributed by atoms with E-state index in [4.69, 9.17) is 5.11 Å². The summed E-state index contributed by atoms with van der Waals surface area (Å²) < 4.78 is 1.46. The molecule has 3 N–H and O–H groups in total. The summed E-state index contributed by atoms with van der Waals surface area (Å²) in [7, 11) is 1.69. The van der Waals surface area contributed by atoms with E-state index in [1.54, 1.807) is 7.05 Å². The lowest BCUT2D eigenvalue weighted by Crippen LogP contribution is -2.33. The zero-order valence-corrected chi connectivity index (χ0v) is 11.2. The minimum atomic E-state index is -0.386. The van der Waals surface area contributed by atoms with Crippen molar-refractivity contribution in [2.45, 2.75) is 12.5 Å². The number of amides is 2. The first-order valence-electron chi connectivity index (χ1n) is 6.28. The van der Waals surface area contributed by atoms with E-state index in [0.29, 0.717) is 12.4 Å². The molecule has 0 aliphatic rings. The number of aromatic nitrogens is 3. The second-order valence-corrected chi connectivity index (χ2v) is 4.28. The van der Waals surface area contributed by atoms with Crippen molar-refractivity contribution in [1.82, 2.24) is 20.1 Å². The van der Waals surface area contributed by atoms with E-state index in [-0.39, 0.29) is 18.7 Å². The van der Waals surface area contributed by atoms with Gasteiger partial charge in [0.15, 0.2) is 0 Å². The molecule has 0 aliphatic carbocycles. The third-order valence-electron chi connectivity index (χ3n) is 2.86. The molecule has 2 aromatic rings. The van der Waals surface area contributed by atoms with Crippen molar-refractivity contribution in [1.29, 1.82) is 0 Å². The molecular formula is C13H17N5O2. The van der Waals surface area contributed by atoms with Crippen LogP contribution in [0.2, 0.25) is 0 Å². The predicted octanol–water partition coefficient (Wildman–Crippen LogP) is 1.06. The number of carbonyl (C=O) groups is 1. The van der Waals surface area contributed by atoms with Gasteiger partial charge in [-0.3, -0.25) is 5.32 Å². The molecule has 7 heteroatoms. The van der Waals surface area contributed by atoms with Crippen molar-refractivity contribution >= 4 is 12.0 Å². The van der Waals surface area contributed by atoms with Gasteiger partial charge in [0.05, 0.1) is 6.04 Å². The number of hydrogen-bond donors (Lipinski definition) is 3. The summed E-state index contributed by atoms with van der Waals surface area (Å²) in [6.07, 6.45) is 1.80. The maximum atomic E-state index is 11.9. The molecular weight excluding hydrogens is 258 g/mol. The van der Waals surface area contributed by atoms with Crippen molar-refractivity contribution in [2.24, 2.45) is 7.05 Å². The molecule has 0 fully saturated rings. The van der Waals surface area contributed by atoms with E-state index < -0.39 is 0 Å². The van der Waals surface area contributed by atoms with Crippen LogP contribution in [0.1, 0.15) is 18.0 Å². The molecule has 1 atom stereocenters. The second-order valence-electron chi connectivity index (χ2n) is 4.28. The lowest BCUT2D eigenvalue weighted by Gasteiger charge is -2.18. The SMILES string of the molecule is Cn1ncnc1NC(=O)N[C@H](CCO)c1ccccc1. The molecule has 0 saturated heterocycles. The van der Waals surface area contributed by atoms with Gasteiger partial charge >= 0.3 is 6.03 Å². The molecule has 20 heavy (non-hydrogen) atoms. The van der Waals surface area contributed by atoms with Crippen molar-refractivity contribution in [3.63, 3.8) is 0 Å². The summed E-state index contributed by atoms with van der Waals surface area (Å²) in [5.74, 6) is 0.360. The van der Waals surface area contributed by atoms with Gasteiger partial charge in [-0.2, -0.15) is 10.1 Å². The smallest absolute Gasteiger partial charge is 0.322 e. The Kier molecular flexibility index (Phi) is 4.67. The molecule has 106 valence electrons. The normalized spacial score (nSPS) is 11.9. The van der Waals surface area contributed by atoms with Gasteiger partial charge in [-0.15, -0.1) is 0 Å². The van der Waals surface area contributed by atoms with Gasteiger partial charge in [0.2, 0.25) is 5.95 Å². The quantitative estimate of drug-likeness (QED) is 0.760. The Balaban J connectivity index is 2.01. The molecule has 2 rings (SSSR count). The highest BCUT2D eigenvalue weighted by Crippen LogP contribution is 2.16. The van der Waals surface area contributed by atoms with Crippen molar-refractivity contribution in [2.75, 3.05) is 11.9 Å². The fraction of sp³-hybridized carbons (Fsp3) is 0.308. The molecule has 0 spiro atoms. The molecule has 0 aliphatic heterocycles. The lowest BCUT2D eigenvalue weighted by atomic mass is 10.0. The van der Waals surface area contributed by atoms with Crippen LogP contribution in [0.4, 0.5) is 10.7 Å². The number of benzene rings is 1. The molecule has 2 amide bonds. The van der Waals surface area contributed by atoms with Gasteiger partial charge in [-0.1, -0.05) is 30.3 Å². The van der Waals surface area contributed by atoms with Crippen LogP contribution in [0.25, 0.3) is 0 Å². The van der Waals surface area contributed by atoms with Gasteiger partial charge in [0.1, 0.15) is 6.33 Å². The molecule has 1 heterocycles. The van der Waals surface area contributed by atoms with Crippen molar-refractivity contribution in [3.05, 3.63) is 42.2 Å². The summed E-state index contributed by atoms with van der Waals surface area (Å²) in [5, 5.41) is 18.4. The highest BCUT2D eigenvalue weighted by atomic mass is 16.3. The summed E-state index contributed by atoms with van der Waals surface area (Å²) in [6, 6.07) is 8.85. The van der Waals surface area contributed by atoms with Crippen LogP contribution in [-0.4, -0.2) is 32.5 Å². The average Bonchev–Trinajstić information content (AvgIpc) is 2.85. The maximum Gasteiger partial charge on any atom is 0.322 e. The number of carbonyl (C=O) groups excluding carboxylic acids is 1. The number of aliphatic hydroxyl groups is 1. The summed E-state index contributed by atoms with van der Waals surface area (Å²) >= 11 is 0. The van der Waals surface area contributed by atoms with Gasteiger partial charge in [-0.25, -0.2) is 9.48 Å². The van der Waals surface area contributed by atoms with E-state index in [1.165, 1.54) is 11.0 Å². The highest BCUT2D eigenvalue weighted by molar-refractivity contribution is 5.87. The number of aryl methyl sites for hydroxylation is 1. The van der Waals surface area contributed by atoms with E-state index >= 15 is 0 Å². The largest absolute Gasteiger partial charge is 0.396 e. The molecule has 7 nitrogen and oxygen atoms in total. The molecule has 1 aromatic heterocycles. The fourth-order valence-corrected chi connectivity index (χ4v) is 1.84. The minimum absolute atomic E-state index is 0.0101. The van der Waals surface area contributed by atoms with Gasteiger partial charge in [0, 0.05) is 13.7 Å². The second kappa shape index (κ2) is 6.67. The Morgan fingerprint density at radius 1 is 1.40 bits per heavy atom.